The molecule has 0 atom stereocenters. The van der Waals surface area contributed by atoms with Gasteiger partial charge in [0.05, 0.1) is 12.9 Å². The fraction of sp³-hybridized carbons (Fsp3) is 0.300. The van der Waals surface area contributed by atoms with Crippen LogP contribution in [0.25, 0.3) is 0 Å². The third-order valence-electron chi connectivity index (χ3n) is 1.44. The summed E-state index contributed by atoms with van der Waals surface area (Å²) >= 11 is 0. The van der Waals surface area contributed by atoms with Crippen molar-refractivity contribution in [2.45, 2.75) is 13.3 Å². The van der Waals surface area contributed by atoms with Crippen LogP contribution in [0.5, 0.6) is 0 Å². The number of ketones is 1. The van der Waals surface area contributed by atoms with Crippen molar-refractivity contribution >= 4 is 18.5 Å². The second-order valence-electron chi connectivity index (χ2n) is 2.67. The van der Waals surface area contributed by atoms with Crippen LogP contribution in [-0.4, -0.2) is 25.6 Å². The first-order valence-corrected chi connectivity index (χ1v) is 4.11. The van der Waals surface area contributed by atoms with Crippen LogP contribution in [-0.2, 0) is 14.3 Å². The number of methoxy groups -OCH3 is 1. The molecule has 0 aliphatic carbocycles. The molecule has 0 aromatic rings. The first-order chi connectivity index (χ1) is 7.01. The minimum atomic E-state index is -0.681. The maximum absolute atomic E-state index is 12.5. The highest BCUT2D eigenvalue weighted by Gasteiger charge is 2.13. The zero-order valence-electron chi connectivity index (χ0n) is 8.62. The highest BCUT2D eigenvalue weighted by molar-refractivity contribution is 6.07. The number of nitrogens with zero attached hydrogens (tertiary/aromatic N) is 1. The number of Topliss-reactive ketones (excluding diaryl/α,β-unsaturated/α-hetero) is 1. The van der Waals surface area contributed by atoms with Crippen LogP contribution in [0, 0.1) is 0 Å². The lowest BCUT2D eigenvalue weighted by Gasteiger charge is -1.99. The summed E-state index contributed by atoms with van der Waals surface area (Å²) in [4.78, 5) is 25.5. The molecule has 0 bridgehead atoms. The fourth-order valence-corrected chi connectivity index (χ4v) is 0.808. The third kappa shape index (κ3) is 5.51. The van der Waals surface area contributed by atoms with Crippen molar-refractivity contribution < 1.29 is 18.7 Å². The van der Waals surface area contributed by atoms with E-state index in [1.807, 2.05) is 0 Å². The number of halogens is 1. The highest BCUT2D eigenvalue weighted by Crippen LogP contribution is 2.08. The molecule has 0 aliphatic rings. The lowest BCUT2D eigenvalue weighted by atomic mass is 10.1. The molecule has 0 heterocycles. The Morgan fingerprint density at radius 2 is 2.13 bits per heavy atom. The number of aliphatic imine (C=N–C) groups is 1. The summed E-state index contributed by atoms with van der Waals surface area (Å²) in [6, 6.07) is 0. The number of carbonyl (C=O) groups is 2. The first kappa shape index (κ1) is 13.2. The Labute approximate surface area is 87.1 Å². The number of allylic oxidation sites excluding steroid dienone is 3. The van der Waals surface area contributed by atoms with Crippen LogP contribution < -0.4 is 0 Å². The first-order valence-electron chi connectivity index (χ1n) is 4.11. The Bertz CT molecular complexity index is 328. The number of rotatable bonds is 5. The van der Waals surface area contributed by atoms with E-state index in [0.29, 0.717) is 0 Å². The van der Waals surface area contributed by atoms with Gasteiger partial charge in [0.15, 0.2) is 5.78 Å². The van der Waals surface area contributed by atoms with Gasteiger partial charge in [-0.1, -0.05) is 0 Å². The van der Waals surface area contributed by atoms with E-state index in [0.717, 1.165) is 12.3 Å². The van der Waals surface area contributed by atoms with Gasteiger partial charge in [0.25, 0.3) is 0 Å². The van der Waals surface area contributed by atoms with Gasteiger partial charge in [-0.2, -0.15) is 0 Å². The second-order valence-corrected chi connectivity index (χ2v) is 2.67. The molecule has 4 nitrogen and oxygen atoms in total. The maximum Gasteiger partial charge on any atom is 0.313 e. The van der Waals surface area contributed by atoms with Crippen LogP contribution in [0.4, 0.5) is 4.39 Å². The van der Waals surface area contributed by atoms with Crippen molar-refractivity contribution in [2.75, 3.05) is 7.11 Å². The van der Waals surface area contributed by atoms with Crippen LogP contribution in [0.2, 0.25) is 0 Å². The Hall–Kier alpha value is -1.78. The lowest BCUT2D eigenvalue weighted by Crippen LogP contribution is -2.10. The van der Waals surface area contributed by atoms with Crippen molar-refractivity contribution in [1.29, 1.82) is 0 Å². The summed E-state index contributed by atoms with van der Waals surface area (Å²) in [5.74, 6) is -1.80. The molecule has 0 radical (unpaired) electrons. The molecular formula is C10H12FNO3. The number of hydrogen-bond donors (Lipinski definition) is 0. The molecule has 0 spiro atoms. The minimum absolute atomic E-state index is 0.0181. The topological polar surface area (TPSA) is 55.7 Å². The van der Waals surface area contributed by atoms with Gasteiger partial charge < -0.3 is 4.74 Å². The van der Waals surface area contributed by atoms with Crippen LogP contribution in [0.15, 0.2) is 28.7 Å². The van der Waals surface area contributed by atoms with E-state index in [2.05, 4.69) is 16.4 Å². The molecule has 5 heteroatoms. The quantitative estimate of drug-likeness (QED) is 0.229. The number of esters is 1. The molecule has 0 rings (SSSR count). The van der Waals surface area contributed by atoms with Gasteiger partial charge in [-0.25, -0.2) is 4.39 Å². The van der Waals surface area contributed by atoms with Gasteiger partial charge in [-0.05, 0) is 19.7 Å². The van der Waals surface area contributed by atoms with Crippen molar-refractivity contribution in [3.05, 3.63) is 23.7 Å². The number of ether oxygens (including phenoxy) is 1. The van der Waals surface area contributed by atoms with Crippen LogP contribution >= 0.6 is 0 Å². The molecule has 0 N–H and O–H groups in total. The maximum atomic E-state index is 12.5. The SMILES string of the molecule is C=N/C=C(\C=C(/C)F)C(=O)CC(=O)OC. The number of carbonyl (C=O) groups excluding carboxylic acids is 2. The predicted molar refractivity (Wildman–Crippen MR) is 54.1 cm³/mol. The molecule has 0 saturated heterocycles. The van der Waals surface area contributed by atoms with Crippen molar-refractivity contribution in [3.63, 3.8) is 0 Å². The highest BCUT2D eigenvalue weighted by atomic mass is 19.1. The van der Waals surface area contributed by atoms with Gasteiger partial charge in [0.1, 0.15) is 6.42 Å². The fourth-order valence-electron chi connectivity index (χ4n) is 0.808. The standard InChI is InChI=1S/C10H12FNO3/c1-7(11)4-8(6-12-2)9(13)5-10(14)15-3/h4,6H,2,5H2,1,3H3/b7-4+,8-6+. The van der Waals surface area contributed by atoms with Gasteiger partial charge in [-0.3, -0.25) is 14.6 Å². The van der Waals surface area contributed by atoms with Crippen molar-refractivity contribution in [1.82, 2.24) is 0 Å². The average Bonchev–Trinajstić information content (AvgIpc) is 2.16. The molecular weight excluding hydrogens is 201 g/mol. The Morgan fingerprint density at radius 1 is 1.53 bits per heavy atom. The van der Waals surface area contributed by atoms with Gasteiger partial charge >= 0.3 is 5.97 Å². The summed E-state index contributed by atoms with van der Waals surface area (Å²) < 4.78 is 16.9. The monoisotopic (exact) mass is 213 g/mol. The zero-order chi connectivity index (χ0) is 11.8. The molecule has 0 amide bonds. The smallest absolute Gasteiger partial charge is 0.313 e. The van der Waals surface area contributed by atoms with Crippen molar-refractivity contribution in [2.24, 2.45) is 4.99 Å². The molecule has 82 valence electrons. The van der Waals surface area contributed by atoms with E-state index in [-0.39, 0.29) is 5.57 Å². The summed E-state index contributed by atoms with van der Waals surface area (Å²) in [7, 11) is 1.17. The van der Waals surface area contributed by atoms with Gasteiger partial charge in [-0.15, -0.1) is 0 Å². The molecule has 0 unspecified atom stereocenters. The summed E-state index contributed by atoms with van der Waals surface area (Å²) in [5, 5.41) is 0. The molecule has 15 heavy (non-hydrogen) atoms. The van der Waals surface area contributed by atoms with E-state index in [1.165, 1.54) is 14.0 Å². The summed E-state index contributed by atoms with van der Waals surface area (Å²) in [5.41, 5.74) is -0.0181. The molecule has 0 aliphatic heterocycles. The Balaban J connectivity index is 4.73. The van der Waals surface area contributed by atoms with Gasteiger partial charge in [0, 0.05) is 11.8 Å². The normalized spacial score (nSPS) is 12.2. The second kappa shape index (κ2) is 6.64. The molecule has 0 aromatic heterocycles. The Morgan fingerprint density at radius 3 is 2.53 bits per heavy atom. The third-order valence-corrected chi connectivity index (χ3v) is 1.44. The van der Waals surface area contributed by atoms with Gasteiger partial charge in [0.2, 0.25) is 0 Å². The average molecular weight is 213 g/mol. The van der Waals surface area contributed by atoms with Crippen LogP contribution in [0.1, 0.15) is 13.3 Å². The summed E-state index contributed by atoms with van der Waals surface area (Å²) in [6.07, 6.45) is 1.63. The molecule has 0 aromatic carbocycles. The Kier molecular flexibility index (Phi) is 5.85. The van der Waals surface area contributed by atoms with E-state index >= 15 is 0 Å². The van der Waals surface area contributed by atoms with Crippen molar-refractivity contribution in [3.8, 4) is 0 Å². The van der Waals surface area contributed by atoms with Crippen LogP contribution in [0.3, 0.4) is 0 Å². The lowest BCUT2D eigenvalue weighted by molar-refractivity contribution is -0.142. The minimum Gasteiger partial charge on any atom is -0.469 e. The van der Waals surface area contributed by atoms with E-state index < -0.39 is 24.0 Å². The largest absolute Gasteiger partial charge is 0.469 e. The summed E-state index contributed by atoms with van der Waals surface area (Å²) in [6.45, 7) is 4.33. The van der Waals surface area contributed by atoms with E-state index in [9.17, 15) is 14.0 Å². The molecule has 0 saturated carbocycles. The van der Waals surface area contributed by atoms with E-state index in [1.54, 1.807) is 0 Å². The van der Waals surface area contributed by atoms with E-state index in [4.69, 9.17) is 0 Å². The molecule has 0 fully saturated rings. The predicted octanol–water partition coefficient (Wildman–Crippen LogP) is 1.58. The zero-order valence-corrected chi connectivity index (χ0v) is 8.62. The number of hydrogen-bond acceptors (Lipinski definition) is 4.